The Hall–Kier alpha value is -2.42. The Labute approximate surface area is 196 Å². The lowest BCUT2D eigenvalue weighted by Gasteiger charge is -2.18. The fourth-order valence-electron chi connectivity index (χ4n) is 3.51. The van der Waals surface area contributed by atoms with Gasteiger partial charge in [0.2, 0.25) is 0 Å². The first-order valence-electron chi connectivity index (χ1n) is 9.47. The van der Waals surface area contributed by atoms with Gasteiger partial charge in [0, 0.05) is 23.2 Å². The Morgan fingerprint density at radius 2 is 2.03 bits per heavy atom. The number of rotatable bonds is 6. The number of carbonyl (C=O) groups is 2. The molecule has 0 aliphatic heterocycles. The van der Waals surface area contributed by atoms with Crippen LogP contribution in [0, 0.1) is 0 Å². The molecular formula is C21H17BrCl2N4O3. The third kappa shape index (κ3) is 4.20. The first kappa shape index (κ1) is 21.8. The molecule has 1 fully saturated rings. The van der Waals surface area contributed by atoms with Gasteiger partial charge in [-0.25, -0.2) is 14.5 Å². The van der Waals surface area contributed by atoms with Gasteiger partial charge in [0.05, 0.1) is 11.6 Å². The lowest BCUT2D eigenvalue weighted by Crippen LogP contribution is -2.46. The second kappa shape index (κ2) is 8.61. The number of esters is 1. The molecule has 160 valence electrons. The SMILES string of the molecule is CCOC(=O)C1(NC(=O)c2cc(Br)nn2-c2ncccc2Cl)CC1c1ccc(Cl)cc1. The van der Waals surface area contributed by atoms with Crippen LogP contribution in [0.5, 0.6) is 0 Å². The molecule has 0 radical (unpaired) electrons. The van der Waals surface area contributed by atoms with Crippen molar-refractivity contribution in [2.75, 3.05) is 6.61 Å². The zero-order valence-electron chi connectivity index (χ0n) is 16.3. The Morgan fingerprint density at radius 1 is 1.29 bits per heavy atom. The van der Waals surface area contributed by atoms with Crippen molar-refractivity contribution < 1.29 is 14.3 Å². The quantitative estimate of drug-likeness (QED) is 0.479. The van der Waals surface area contributed by atoms with E-state index in [0.29, 0.717) is 26.9 Å². The van der Waals surface area contributed by atoms with E-state index in [-0.39, 0.29) is 18.2 Å². The highest BCUT2D eigenvalue weighted by atomic mass is 79.9. The molecule has 10 heteroatoms. The highest BCUT2D eigenvalue weighted by molar-refractivity contribution is 9.10. The van der Waals surface area contributed by atoms with Crippen molar-refractivity contribution in [1.29, 1.82) is 0 Å². The summed E-state index contributed by atoms with van der Waals surface area (Å²) in [6, 6.07) is 12.1. The average molecular weight is 524 g/mol. The minimum atomic E-state index is -1.17. The number of amides is 1. The zero-order valence-corrected chi connectivity index (χ0v) is 19.4. The summed E-state index contributed by atoms with van der Waals surface area (Å²) < 4.78 is 7.03. The van der Waals surface area contributed by atoms with E-state index in [2.05, 4.69) is 31.3 Å². The first-order chi connectivity index (χ1) is 14.9. The van der Waals surface area contributed by atoms with Crippen LogP contribution in [-0.4, -0.2) is 38.8 Å². The van der Waals surface area contributed by atoms with Crippen LogP contribution >= 0.6 is 39.1 Å². The Morgan fingerprint density at radius 3 is 2.71 bits per heavy atom. The first-order valence-corrected chi connectivity index (χ1v) is 11.0. The molecule has 1 saturated carbocycles. The number of nitrogens with one attached hydrogen (secondary N) is 1. The van der Waals surface area contributed by atoms with Gasteiger partial charge in [-0.2, -0.15) is 5.10 Å². The topological polar surface area (TPSA) is 86.1 Å². The van der Waals surface area contributed by atoms with Crippen molar-refractivity contribution in [3.63, 3.8) is 0 Å². The predicted molar refractivity (Wildman–Crippen MR) is 120 cm³/mol. The molecule has 0 saturated heterocycles. The van der Waals surface area contributed by atoms with Crippen LogP contribution in [0.1, 0.15) is 35.3 Å². The second-order valence-corrected chi connectivity index (χ2v) is 8.68. The lowest BCUT2D eigenvalue weighted by molar-refractivity contribution is -0.146. The molecule has 31 heavy (non-hydrogen) atoms. The summed E-state index contributed by atoms with van der Waals surface area (Å²) in [7, 11) is 0. The maximum Gasteiger partial charge on any atom is 0.332 e. The smallest absolute Gasteiger partial charge is 0.332 e. The van der Waals surface area contributed by atoms with E-state index in [0.717, 1.165) is 5.56 Å². The summed E-state index contributed by atoms with van der Waals surface area (Å²) in [6.07, 6.45) is 1.97. The molecule has 1 aliphatic rings. The number of pyridine rings is 1. The number of hydrogen-bond donors (Lipinski definition) is 1. The van der Waals surface area contributed by atoms with Crippen molar-refractivity contribution in [3.8, 4) is 5.82 Å². The van der Waals surface area contributed by atoms with Gasteiger partial charge in [-0.15, -0.1) is 0 Å². The summed E-state index contributed by atoms with van der Waals surface area (Å²) in [5, 5.41) is 8.08. The maximum absolute atomic E-state index is 13.3. The van der Waals surface area contributed by atoms with Crippen LogP contribution in [0.4, 0.5) is 0 Å². The van der Waals surface area contributed by atoms with Crippen molar-refractivity contribution >= 4 is 51.0 Å². The highest BCUT2D eigenvalue weighted by Gasteiger charge is 2.63. The van der Waals surface area contributed by atoms with E-state index in [9.17, 15) is 9.59 Å². The molecule has 1 amide bonds. The van der Waals surface area contributed by atoms with Crippen molar-refractivity contribution in [1.82, 2.24) is 20.1 Å². The molecular weight excluding hydrogens is 507 g/mol. The molecule has 0 spiro atoms. The number of halogens is 3. The van der Waals surface area contributed by atoms with Gasteiger partial charge < -0.3 is 10.1 Å². The minimum absolute atomic E-state index is 0.179. The van der Waals surface area contributed by atoms with Crippen LogP contribution in [0.3, 0.4) is 0 Å². The zero-order chi connectivity index (χ0) is 22.2. The molecule has 1 aliphatic carbocycles. The summed E-state index contributed by atoms with van der Waals surface area (Å²) in [5.74, 6) is -0.907. The molecule has 0 bridgehead atoms. The van der Waals surface area contributed by atoms with Gasteiger partial charge in [0.25, 0.3) is 5.91 Å². The van der Waals surface area contributed by atoms with Crippen LogP contribution in [0.2, 0.25) is 10.0 Å². The second-order valence-electron chi connectivity index (χ2n) is 7.03. The molecule has 3 aromatic rings. The highest BCUT2D eigenvalue weighted by Crippen LogP contribution is 2.52. The third-order valence-corrected chi connectivity index (χ3v) is 6.00. The van der Waals surface area contributed by atoms with Crippen molar-refractivity contribution in [2.24, 2.45) is 0 Å². The van der Waals surface area contributed by atoms with Crippen molar-refractivity contribution in [3.05, 3.63) is 74.6 Å². The molecule has 2 atom stereocenters. The molecule has 1 aromatic carbocycles. The normalized spacial score (nSPS) is 19.7. The Bertz CT molecular complexity index is 1150. The average Bonchev–Trinajstić information content (AvgIpc) is 3.34. The van der Waals surface area contributed by atoms with Crippen LogP contribution in [0.15, 0.2) is 53.3 Å². The fourth-order valence-corrected chi connectivity index (χ4v) is 4.21. The van der Waals surface area contributed by atoms with Crippen LogP contribution in [-0.2, 0) is 9.53 Å². The molecule has 2 unspecified atom stereocenters. The summed E-state index contributed by atoms with van der Waals surface area (Å²) in [4.78, 5) is 30.3. The van der Waals surface area contributed by atoms with Gasteiger partial charge in [0.1, 0.15) is 15.8 Å². The minimum Gasteiger partial charge on any atom is -0.464 e. The van der Waals surface area contributed by atoms with E-state index < -0.39 is 17.4 Å². The largest absolute Gasteiger partial charge is 0.464 e. The van der Waals surface area contributed by atoms with Gasteiger partial charge in [0.15, 0.2) is 5.82 Å². The Kier molecular flexibility index (Phi) is 6.05. The molecule has 1 N–H and O–H groups in total. The summed E-state index contributed by atoms with van der Waals surface area (Å²) >= 11 is 15.5. The maximum atomic E-state index is 13.3. The van der Waals surface area contributed by atoms with Gasteiger partial charge in [-0.3, -0.25) is 4.79 Å². The number of carbonyl (C=O) groups excluding carboxylic acids is 2. The predicted octanol–water partition coefficient (Wildman–Crippen LogP) is 4.56. The van der Waals surface area contributed by atoms with E-state index >= 15 is 0 Å². The van der Waals surface area contributed by atoms with Crippen LogP contribution < -0.4 is 5.32 Å². The van der Waals surface area contributed by atoms with Gasteiger partial charge in [-0.1, -0.05) is 35.3 Å². The van der Waals surface area contributed by atoms with E-state index in [1.807, 2.05) is 12.1 Å². The number of aromatic nitrogens is 3. The third-order valence-electron chi connectivity index (χ3n) is 5.06. The molecule has 4 rings (SSSR count). The number of benzene rings is 1. The van der Waals surface area contributed by atoms with Crippen LogP contribution in [0.25, 0.3) is 5.82 Å². The molecule has 2 heterocycles. The summed E-state index contributed by atoms with van der Waals surface area (Å²) in [6.45, 7) is 1.93. The monoisotopic (exact) mass is 522 g/mol. The van der Waals surface area contributed by atoms with Gasteiger partial charge in [-0.05, 0) is 59.1 Å². The number of ether oxygens (including phenoxy) is 1. The van der Waals surface area contributed by atoms with E-state index in [1.165, 1.54) is 4.68 Å². The van der Waals surface area contributed by atoms with E-state index in [4.69, 9.17) is 27.9 Å². The standard InChI is InChI=1S/C21H17BrCl2N4O3/c1-2-31-20(30)21(11-14(21)12-5-7-13(23)8-6-12)26-19(29)16-10-17(22)27-28(16)18-15(24)4-3-9-25-18/h3-10,14H,2,11H2,1H3,(H,26,29). The number of hydrogen-bond acceptors (Lipinski definition) is 5. The van der Waals surface area contributed by atoms with Gasteiger partial charge >= 0.3 is 5.97 Å². The van der Waals surface area contributed by atoms with E-state index in [1.54, 1.807) is 43.5 Å². The summed E-state index contributed by atoms with van der Waals surface area (Å²) in [5.41, 5.74) is -0.103. The molecule has 7 nitrogen and oxygen atoms in total. The Balaban J connectivity index is 1.67. The fraction of sp³-hybridized carbons (Fsp3) is 0.238. The van der Waals surface area contributed by atoms with Crippen molar-refractivity contribution in [2.45, 2.75) is 24.8 Å². The number of nitrogens with zero attached hydrogens (tertiary/aromatic N) is 3. The lowest BCUT2D eigenvalue weighted by atomic mass is 10.1. The molecule has 2 aromatic heterocycles.